The number of amides is 1. The van der Waals surface area contributed by atoms with Crippen molar-refractivity contribution >= 4 is 33.8 Å². The lowest BCUT2D eigenvalue weighted by Crippen LogP contribution is -2.48. The number of imidazole rings is 1. The topological polar surface area (TPSA) is 37.6 Å². The van der Waals surface area contributed by atoms with Crippen molar-refractivity contribution in [2.24, 2.45) is 11.8 Å². The van der Waals surface area contributed by atoms with Gasteiger partial charge in [0.05, 0.1) is 5.69 Å². The van der Waals surface area contributed by atoms with Crippen molar-refractivity contribution in [2.45, 2.75) is 26.4 Å². The Hall–Kier alpha value is -1.80. The summed E-state index contributed by atoms with van der Waals surface area (Å²) in [4.78, 5) is 17.1. The molecule has 0 spiro atoms. The standard InChI is InChI=1S/C12H14F3NO.C6H5ClN2S/c1-8-2-3-9-4-5-16(7-10(9)6-8)11(17)12(13,14)15;1-4-5(7)8-6-9(4)2-3-10-6/h2-3,6,9-10H,4-5,7H2,1H3;2-3H,1H3. The minimum atomic E-state index is -4.75. The molecule has 3 heterocycles. The van der Waals surface area contributed by atoms with E-state index in [9.17, 15) is 18.0 Å². The molecule has 2 aliphatic rings. The SMILES string of the molecule is CC1=CC2CN(C(=O)C(F)(F)F)CCC2C=C1.Cc1c(Cl)nc2sccn12. The van der Waals surface area contributed by atoms with E-state index in [0.29, 0.717) is 11.6 Å². The first kappa shape index (κ1) is 19.9. The zero-order valence-electron chi connectivity index (χ0n) is 14.8. The van der Waals surface area contributed by atoms with Gasteiger partial charge >= 0.3 is 12.1 Å². The molecular formula is C18H19ClF3N3OS. The van der Waals surface area contributed by atoms with E-state index in [4.69, 9.17) is 11.6 Å². The third-order valence-electron chi connectivity index (χ3n) is 4.77. The van der Waals surface area contributed by atoms with Gasteiger partial charge in [-0.2, -0.15) is 13.2 Å². The highest BCUT2D eigenvalue weighted by atomic mass is 35.5. The molecule has 0 aromatic carbocycles. The van der Waals surface area contributed by atoms with Crippen LogP contribution in [-0.4, -0.2) is 39.5 Å². The van der Waals surface area contributed by atoms with Gasteiger partial charge in [-0.25, -0.2) is 4.98 Å². The lowest BCUT2D eigenvalue weighted by Gasteiger charge is -2.37. The minimum Gasteiger partial charge on any atom is -0.334 e. The van der Waals surface area contributed by atoms with Gasteiger partial charge in [0.2, 0.25) is 0 Å². The Morgan fingerprint density at radius 3 is 2.74 bits per heavy atom. The van der Waals surface area contributed by atoms with Crippen LogP contribution < -0.4 is 0 Å². The number of hydrogen-bond acceptors (Lipinski definition) is 3. The molecule has 1 saturated heterocycles. The summed E-state index contributed by atoms with van der Waals surface area (Å²) in [6.45, 7) is 4.23. The molecule has 1 aliphatic carbocycles. The van der Waals surface area contributed by atoms with Crippen LogP contribution in [0.5, 0.6) is 0 Å². The van der Waals surface area contributed by atoms with Crippen molar-refractivity contribution in [3.05, 3.63) is 46.2 Å². The van der Waals surface area contributed by atoms with Crippen LogP contribution in [0.4, 0.5) is 13.2 Å². The van der Waals surface area contributed by atoms with Crippen molar-refractivity contribution in [3.63, 3.8) is 0 Å². The zero-order chi connectivity index (χ0) is 19.8. The first-order chi connectivity index (χ1) is 12.7. The molecule has 0 N–H and O–H groups in total. The maximum Gasteiger partial charge on any atom is 0.471 e. The fourth-order valence-electron chi connectivity index (χ4n) is 3.32. The molecule has 2 aromatic heterocycles. The highest BCUT2D eigenvalue weighted by Crippen LogP contribution is 2.32. The average Bonchev–Trinajstić information content (AvgIpc) is 3.17. The van der Waals surface area contributed by atoms with Crippen molar-refractivity contribution in [2.75, 3.05) is 13.1 Å². The summed E-state index contributed by atoms with van der Waals surface area (Å²) in [7, 11) is 0. The van der Waals surface area contributed by atoms with Gasteiger partial charge in [0.25, 0.3) is 0 Å². The normalized spacial score (nSPS) is 22.1. The van der Waals surface area contributed by atoms with E-state index in [-0.39, 0.29) is 24.9 Å². The number of thiazole rings is 1. The number of nitrogens with zero attached hydrogens (tertiary/aromatic N) is 3. The number of likely N-dealkylation sites (tertiary alicyclic amines) is 1. The van der Waals surface area contributed by atoms with E-state index in [1.807, 2.05) is 48.1 Å². The van der Waals surface area contributed by atoms with Gasteiger partial charge in [-0.15, -0.1) is 11.3 Å². The van der Waals surface area contributed by atoms with Crippen molar-refractivity contribution in [1.82, 2.24) is 14.3 Å². The average molecular weight is 418 g/mol. The number of alkyl halides is 3. The van der Waals surface area contributed by atoms with Gasteiger partial charge in [-0.05, 0) is 26.2 Å². The van der Waals surface area contributed by atoms with E-state index in [2.05, 4.69) is 4.98 Å². The predicted molar refractivity (Wildman–Crippen MR) is 99.9 cm³/mol. The number of fused-ring (bicyclic) bond motifs is 2. The molecule has 146 valence electrons. The summed E-state index contributed by atoms with van der Waals surface area (Å²) in [6.07, 6.45) is 3.80. The maximum absolute atomic E-state index is 12.3. The van der Waals surface area contributed by atoms with Crippen LogP contribution in [0.2, 0.25) is 5.15 Å². The fourth-order valence-corrected chi connectivity index (χ4v) is 4.30. The van der Waals surface area contributed by atoms with E-state index in [0.717, 1.165) is 21.1 Å². The van der Waals surface area contributed by atoms with Crippen molar-refractivity contribution in [3.8, 4) is 0 Å². The molecule has 2 aromatic rings. The third-order valence-corrected chi connectivity index (χ3v) is 5.88. The Balaban J connectivity index is 0.000000177. The number of aryl methyl sites for hydroxylation is 1. The number of rotatable bonds is 0. The Morgan fingerprint density at radius 1 is 1.33 bits per heavy atom. The molecule has 0 radical (unpaired) electrons. The number of carbonyl (C=O) groups excluding carboxylic acids is 1. The maximum atomic E-state index is 12.3. The van der Waals surface area contributed by atoms with Crippen molar-refractivity contribution < 1.29 is 18.0 Å². The molecule has 1 fully saturated rings. The summed E-state index contributed by atoms with van der Waals surface area (Å²) in [5.41, 5.74) is 2.06. The Kier molecular flexibility index (Phi) is 5.67. The predicted octanol–water partition coefficient (Wildman–Crippen LogP) is 4.89. The largest absolute Gasteiger partial charge is 0.471 e. The first-order valence-corrected chi connectivity index (χ1v) is 9.73. The second-order valence-electron chi connectivity index (χ2n) is 6.68. The number of halogens is 4. The van der Waals surface area contributed by atoms with Crippen LogP contribution in [0, 0.1) is 18.8 Å². The highest BCUT2D eigenvalue weighted by molar-refractivity contribution is 7.15. The zero-order valence-corrected chi connectivity index (χ0v) is 16.4. The van der Waals surface area contributed by atoms with Crippen LogP contribution in [0.15, 0.2) is 35.4 Å². The van der Waals surface area contributed by atoms with Gasteiger partial charge in [-0.3, -0.25) is 9.20 Å². The first-order valence-electron chi connectivity index (χ1n) is 8.47. The number of allylic oxidation sites excluding steroid dienone is 3. The lowest BCUT2D eigenvalue weighted by atomic mass is 9.81. The smallest absolute Gasteiger partial charge is 0.334 e. The summed E-state index contributed by atoms with van der Waals surface area (Å²) in [5.74, 6) is -1.41. The second kappa shape index (κ2) is 7.67. The third kappa shape index (κ3) is 4.38. The summed E-state index contributed by atoms with van der Waals surface area (Å²) in [6, 6.07) is 0. The van der Waals surface area contributed by atoms with Gasteiger partial charge in [0, 0.05) is 30.6 Å². The molecular weight excluding hydrogens is 399 g/mol. The quantitative estimate of drug-likeness (QED) is 0.612. The van der Waals surface area contributed by atoms with Gasteiger partial charge in [0.1, 0.15) is 0 Å². The molecule has 1 amide bonds. The van der Waals surface area contributed by atoms with Crippen molar-refractivity contribution in [1.29, 1.82) is 0 Å². The molecule has 0 bridgehead atoms. The molecule has 1 aliphatic heterocycles. The number of piperidine rings is 1. The van der Waals surface area contributed by atoms with Crippen LogP contribution in [0.1, 0.15) is 19.0 Å². The van der Waals surface area contributed by atoms with Crippen LogP contribution in [-0.2, 0) is 4.79 Å². The fraction of sp³-hybridized carbons (Fsp3) is 0.444. The van der Waals surface area contributed by atoms with Gasteiger partial charge in [0.15, 0.2) is 10.1 Å². The Bertz CT molecular complexity index is 899. The van der Waals surface area contributed by atoms with E-state index in [1.165, 1.54) is 0 Å². The van der Waals surface area contributed by atoms with Crippen LogP contribution >= 0.6 is 22.9 Å². The number of aromatic nitrogens is 2. The van der Waals surface area contributed by atoms with E-state index in [1.54, 1.807) is 11.3 Å². The van der Waals surface area contributed by atoms with E-state index < -0.39 is 12.1 Å². The minimum absolute atomic E-state index is 0.0278. The Labute approximate surface area is 163 Å². The van der Waals surface area contributed by atoms with Crippen LogP contribution in [0.25, 0.3) is 4.96 Å². The molecule has 27 heavy (non-hydrogen) atoms. The number of hydrogen-bond donors (Lipinski definition) is 0. The molecule has 4 nitrogen and oxygen atoms in total. The summed E-state index contributed by atoms with van der Waals surface area (Å²) < 4.78 is 38.9. The summed E-state index contributed by atoms with van der Waals surface area (Å²) in [5, 5.41) is 2.60. The summed E-state index contributed by atoms with van der Waals surface area (Å²) >= 11 is 7.36. The van der Waals surface area contributed by atoms with Crippen LogP contribution in [0.3, 0.4) is 0 Å². The molecule has 9 heteroatoms. The molecule has 2 unspecified atom stereocenters. The second-order valence-corrected chi connectivity index (χ2v) is 7.91. The highest BCUT2D eigenvalue weighted by Gasteiger charge is 2.44. The molecule has 2 atom stereocenters. The lowest BCUT2D eigenvalue weighted by molar-refractivity contribution is -0.187. The molecule has 4 rings (SSSR count). The monoisotopic (exact) mass is 417 g/mol. The number of carbonyl (C=O) groups is 1. The van der Waals surface area contributed by atoms with E-state index >= 15 is 0 Å². The Morgan fingerprint density at radius 2 is 2.07 bits per heavy atom. The van der Waals surface area contributed by atoms with Gasteiger partial charge in [-0.1, -0.05) is 35.4 Å². The van der Waals surface area contributed by atoms with Gasteiger partial charge < -0.3 is 4.90 Å². The molecule has 0 saturated carbocycles.